The van der Waals surface area contributed by atoms with E-state index in [0.717, 1.165) is 52.8 Å². The minimum atomic E-state index is -0.244. The SMILES string of the molecule is CC1CC(c2cccc(NC(=O)c3cc(CN[C@@H](C)C4CC4)c4c(n3)C(C)(C)CO4)c2)(c2nncn2C)C1. The van der Waals surface area contributed by atoms with Crippen LogP contribution in [0.25, 0.3) is 0 Å². The Hall–Kier alpha value is -3.26. The third-order valence-electron chi connectivity index (χ3n) is 8.65. The molecule has 0 radical (unpaired) electrons. The first-order valence-corrected chi connectivity index (χ1v) is 13.8. The smallest absolute Gasteiger partial charge is 0.274 e. The molecule has 2 fully saturated rings. The number of carbonyl (C=O) groups is 1. The third-order valence-corrected chi connectivity index (χ3v) is 8.65. The lowest BCUT2D eigenvalue weighted by atomic mass is 9.58. The van der Waals surface area contributed by atoms with Gasteiger partial charge in [-0.25, -0.2) is 4.98 Å². The molecule has 3 aliphatic rings. The van der Waals surface area contributed by atoms with E-state index in [-0.39, 0.29) is 16.7 Å². The molecule has 0 spiro atoms. The van der Waals surface area contributed by atoms with Crippen LogP contribution in [0, 0.1) is 11.8 Å². The van der Waals surface area contributed by atoms with E-state index in [0.29, 0.717) is 30.8 Å². The number of pyridine rings is 1. The first-order chi connectivity index (χ1) is 18.2. The number of hydrogen-bond acceptors (Lipinski definition) is 6. The lowest BCUT2D eigenvalue weighted by Gasteiger charge is -2.46. The second-order valence-corrected chi connectivity index (χ2v) is 12.4. The molecule has 2 aliphatic carbocycles. The molecule has 1 amide bonds. The van der Waals surface area contributed by atoms with Crippen LogP contribution < -0.4 is 15.4 Å². The molecule has 0 bridgehead atoms. The summed E-state index contributed by atoms with van der Waals surface area (Å²) in [5, 5.41) is 15.4. The maximum atomic E-state index is 13.6. The molecule has 3 aromatic rings. The van der Waals surface area contributed by atoms with Gasteiger partial charge in [-0.3, -0.25) is 4.79 Å². The van der Waals surface area contributed by atoms with Crippen LogP contribution in [0.15, 0.2) is 36.7 Å². The van der Waals surface area contributed by atoms with Crippen molar-refractivity contribution in [2.45, 2.75) is 76.8 Å². The molecule has 0 unspecified atom stereocenters. The number of fused-ring (bicyclic) bond motifs is 1. The Kier molecular flexibility index (Phi) is 6.05. The van der Waals surface area contributed by atoms with E-state index >= 15 is 0 Å². The van der Waals surface area contributed by atoms with Crippen molar-refractivity contribution in [2.24, 2.45) is 18.9 Å². The van der Waals surface area contributed by atoms with Crippen molar-refractivity contribution in [3.05, 3.63) is 65.0 Å². The fraction of sp³-hybridized carbons (Fsp3) is 0.533. The number of aromatic nitrogens is 4. The van der Waals surface area contributed by atoms with Gasteiger partial charge in [0.25, 0.3) is 5.91 Å². The Morgan fingerprint density at radius 2 is 2.03 bits per heavy atom. The summed E-state index contributed by atoms with van der Waals surface area (Å²) >= 11 is 0. The summed E-state index contributed by atoms with van der Waals surface area (Å²) in [7, 11) is 1.99. The highest BCUT2D eigenvalue weighted by molar-refractivity contribution is 6.03. The van der Waals surface area contributed by atoms with Gasteiger partial charge in [-0.15, -0.1) is 10.2 Å². The summed E-state index contributed by atoms with van der Waals surface area (Å²) in [6, 6.07) is 10.5. The number of rotatable bonds is 8. The number of aryl methyl sites for hydroxylation is 1. The lowest BCUT2D eigenvalue weighted by Crippen LogP contribution is -2.43. The molecule has 2 aromatic heterocycles. The van der Waals surface area contributed by atoms with Gasteiger partial charge >= 0.3 is 0 Å². The number of nitrogens with one attached hydrogen (secondary N) is 2. The number of ether oxygens (including phenoxy) is 1. The number of carbonyl (C=O) groups excluding carboxylic acids is 1. The van der Waals surface area contributed by atoms with Gasteiger partial charge in [-0.2, -0.15) is 0 Å². The van der Waals surface area contributed by atoms with Crippen LogP contribution in [0.5, 0.6) is 5.75 Å². The maximum Gasteiger partial charge on any atom is 0.274 e. The summed E-state index contributed by atoms with van der Waals surface area (Å²) in [5.41, 5.74) is 3.76. The monoisotopic (exact) mass is 514 g/mol. The summed E-state index contributed by atoms with van der Waals surface area (Å²) in [6.45, 7) is 9.96. The van der Waals surface area contributed by atoms with Gasteiger partial charge in [0.15, 0.2) is 0 Å². The molecule has 6 rings (SSSR count). The molecular weight excluding hydrogens is 476 g/mol. The zero-order chi connectivity index (χ0) is 26.7. The third kappa shape index (κ3) is 4.38. The first kappa shape index (κ1) is 25.0. The van der Waals surface area contributed by atoms with E-state index in [1.807, 2.05) is 29.8 Å². The fourth-order valence-corrected chi connectivity index (χ4v) is 6.29. The molecular formula is C30H38N6O2. The summed E-state index contributed by atoms with van der Waals surface area (Å²) in [5.74, 6) is 2.95. The Morgan fingerprint density at radius 1 is 1.24 bits per heavy atom. The van der Waals surface area contributed by atoms with Gasteiger partial charge in [0.05, 0.1) is 17.7 Å². The van der Waals surface area contributed by atoms with Gasteiger partial charge in [0, 0.05) is 36.3 Å². The average Bonchev–Trinajstić information content (AvgIpc) is 3.57. The second-order valence-electron chi connectivity index (χ2n) is 12.4. The Labute approximate surface area is 224 Å². The topological polar surface area (TPSA) is 94.0 Å². The van der Waals surface area contributed by atoms with E-state index in [9.17, 15) is 4.79 Å². The van der Waals surface area contributed by atoms with Crippen molar-refractivity contribution < 1.29 is 9.53 Å². The minimum absolute atomic E-state index is 0.185. The van der Waals surface area contributed by atoms with Crippen LogP contribution in [0.4, 0.5) is 5.69 Å². The number of amides is 1. The Balaban J connectivity index is 1.27. The predicted octanol–water partition coefficient (Wildman–Crippen LogP) is 4.74. The highest BCUT2D eigenvalue weighted by atomic mass is 16.5. The summed E-state index contributed by atoms with van der Waals surface area (Å²) in [6.07, 6.45) is 6.35. The molecule has 200 valence electrons. The molecule has 2 N–H and O–H groups in total. The quantitative estimate of drug-likeness (QED) is 0.451. The second kappa shape index (κ2) is 9.19. The minimum Gasteiger partial charge on any atom is -0.490 e. The molecule has 38 heavy (non-hydrogen) atoms. The molecule has 2 saturated carbocycles. The Bertz CT molecular complexity index is 1370. The van der Waals surface area contributed by atoms with E-state index in [1.54, 1.807) is 6.33 Å². The highest BCUT2D eigenvalue weighted by Gasteiger charge is 2.48. The predicted molar refractivity (Wildman–Crippen MR) is 146 cm³/mol. The Morgan fingerprint density at radius 3 is 2.71 bits per heavy atom. The highest BCUT2D eigenvalue weighted by Crippen LogP contribution is 2.51. The normalized spacial score (nSPS) is 24.3. The van der Waals surface area contributed by atoms with Crippen LogP contribution in [0.1, 0.15) is 86.5 Å². The molecule has 1 atom stereocenters. The van der Waals surface area contributed by atoms with E-state index in [4.69, 9.17) is 9.72 Å². The van der Waals surface area contributed by atoms with Crippen molar-refractivity contribution >= 4 is 11.6 Å². The van der Waals surface area contributed by atoms with Gasteiger partial charge < -0.3 is 19.9 Å². The molecule has 1 aliphatic heterocycles. The van der Waals surface area contributed by atoms with Crippen LogP contribution in [-0.4, -0.2) is 38.3 Å². The van der Waals surface area contributed by atoms with E-state index in [1.165, 1.54) is 12.8 Å². The van der Waals surface area contributed by atoms with Crippen LogP contribution in [0.3, 0.4) is 0 Å². The molecule has 8 nitrogen and oxygen atoms in total. The zero-order valence-corrected chi connectivity index (χ0v) is 23.0. The van der Waals surface area contributed by atoms with Crippen molar-refractivity contribution in [1.82, 2.24) is 25.1 Å². The zero-order valence-electron chi connectivity index (χ0n) is 23.0. The fourth-order valence-electron chi connectivity index (χ4n) is 6.29. The maximum absolute atomic E-state index is 13.6. The summed E-state index contributed by atoms with van der Waals surface area (Å²) < 4.78 is 8.09. The average molecular weight is 515 g/mol. The number of benzene rings is 1. The van der Waals surface area contributed by atoms with Crippen LogP contribution >= 0.6 is 0 Å². The van der Waals surface area contributed by atoms with Gasteiger partial charge in [-0.1, -0.05) is 32.9 Å². The van der Waals surface area contributed by atoms with Crippen molar-refractivity contribution in [1.29, 1.82) is 0 Å². The van der Waals surface area contributed by atoms with Gasteiger partial charge in [-0.05, 0) is 68.2 Å². The van der Waals surface area contributed by atoms with Crippen molar-refractivity contribution in [3.63, 3.8) is 0 Å². The van der Waals surface area contributed by atoms with Gasteiger partial charge in [0.2, 0.25) is 0 Å². The summed E-state index contributed by atoms with van der Waals surface area (Å²) in [4.78, 5) is 18.4. The standard InChI is InChI=1S/C30H38N6O2/c1-18-13-30(14-18,28-35-32-17-36(28)5)22-7-6-8-23(12-22)33-27(37)24-11-21(15-31-19(2)20-9-10-20)25-26(34-24)29(3,4)16-38-25/h6-8,11-12,17-20,31H,9-10,13-16H2,1-5H3,(H,33,37)/t18?,19-,30?/m0/s1. The number of nitrogens with zero attached hydrogens (tertiary/aromatic N) is 4. The van der Waals surface area contributed by atoms with Gasteiger partial charge in [0.1, 0.15) is 23.6 Å². The first-order valence-electron chi connectivity index (χ1n) is 13.8. The molecule has 8 heteroatoms. The number of anilines is 1. The lowest BCUT2D eigenvalue weighted by molar-refractivity contribution is 0.102. The van der Waals surface area contributed by atoms with Crippen molar-refractivity contribution in [2.75, 3.05) is 11.9 Å². The number of hydrogen-bond donors (Lipinski definition) is 2. The molecule has 3 heterocycles. The van der Waals surface area contributed by atoms with E-state index in [2.05, 4.69) is 60.7 Å². The van der Waals surface area contributed by atoms with E-state index < -0.39 is 0 Å². The molecule has 0 saturated heterocycles. The molecule has 1 aromatic carbocycles. The van der Waals surface area contributed by atoms with Crippen molar-refractivity contribution in [3.8, 4) is 5.75 Å². The largest absolute Gasteiger partial charge is 0.490 e. The van der Waals surface area contributed by atoms with Crippen LogP contribution in [-0.2, 0) is 24.4 Å². The van der Waals surface area contributed by atoms with Crippen LogP contribution in [0.2, 0.25) is 0 Å².